The smallest absolute Gasteiger partial charge is 0.145 e. The zero-order valence-corrected chi connectivity index (χ0v) is 12.5. The molecular formula is C13H23N5S. The van der Waals surface area contributed by atoms with Gasteiger partial charge in [-0.05, 0) is 12.8 Å². The molecular weight excluding hydrogens is 258 g/mol. The van der Waals surface area contributed by atoms with Gasteiger partial charge in [-0.15, -0.1) is 0 Å². The molecule has 0 spiro atoms. The Morgan fingerprint density at radius 3 is 3.00 bits per heavy atom. The molecule has 2 heterocycles. The molecule has 1 aromatic rings. The molecule has 1 aliphatic rings. The SMILES string of the molecule is CCCc1nc(NN)cc(N2CCSC(CC)C2)n1. The molecule has 106 valence electrons. The number of nitrogens with one attached hydrogen (secondary N) is 1. The Labute approximate surface area is 119 Å². The number of nitrogens with two attached hydrogens (primary N) is 1. The molecule has 1 saturated heterocycles. The normalized spacial score (nSPS) is 19.5. The van der Waals surface area contributed by atoms with E-state index < -0.39 is 0 Å². The van der Waals surface area contributed by atoms with Gasteiger partial charge in [-0.2, -0.15) is 11.8 Å². The number of nitrogens with zero attached hydrogens (tertiary/aromatic N) is 3. The van der Waals surface area contributed by atoms with E-state index in [0.29, 0.717) is 11.1 Å². The van der Waals surface area contributed by atoms with E-state index in [-0.39, 0.29) is 0 Å². The van der Waals surface area contributed by atoms with Crippen LogP contribution in [0.25, 0.3) is 0 Å². The maximum absolute atomic E-state index is 5.50. The van der Waals surface area contributed by atoms with Crippen molar-refractivity contribution in [3.05, 3.63) is 11.9 Å². The maximum atomic E-state index is 5.50. The quantitative estimate of drug-likeness (QED) is 0.636. The largest absolute Gasteiger partial charge is 0.355 e. The van der Waals surface area contributed by atoms with Gasteiger partial charge in [0.2, 0.25) is 0 Å². The third-order valence-corrected chi connectivity index (χ3v) is 4.67. The van der Waals surface area contributed by atoms with Crippen LogP contribution in [0.5, 0.6) is 0 Å². The van der Waals surface area contributed by atoms with E-state index in [1.54, 1.807) is 0 Å². The highest BCUT2D eigenvalue weighted by atomic mass is 32.2. The van der Waals surface area contributed by atoms with E-state index >= 15 is 0 Å². The van der Waals surface area contributed by atoms with Crippen LogP contribution in [-0.4, -0.2) is 34.1 Å². The van der Waals surface area contributed by atoms with Gasteiger partial charge in [-0.1, -0.05) is 13.8 Å². The summed E-state index contributed by atoms with van der Waals surface area (Å²) in [4.78, 5) is 11.4. The van der Waals surface area contributed by atoms with Crippen LogP contribution >= 0.6 is 11.8 Å². The number of hydrogen-bond acceptors (Lipinski definition) is 6. The summed E-state index contributed by atoms with van der Waals surface area (Å²) in [5, 5.41) is 0.702. The van der Waals surface area contributed by atoms with Crippen LogP contribution < -0.4 is 16.2 Å². The lowest BCUT2D eigenvalue weighted by Crippen LogP contribution is -2.38. The Bertz CT molecular complexity index is 412. The number of hydrazine groups is 1. The molecule has 0 bridgehead atoms. The zero-order chi connectivity index (χ0) is 13.7. The second-order valence-electron chi connectivity index (χ2n) is 4.77. The van der Waals surface area contributed by atoms with Crippen LogP contribution in [0, 0.1) is 0 Å². The number of anilines is 2. The number of rotatable bonds is 5. The van der Waals surface area contributed by atoms with Crippen LogP contribution in [0.4, 0.5) is 11.6 Å². The van der Waals surface area contributed by atoms with E-state index in [1.807, 2.05) is 6.07 Å². The summed E-state index contributed by atoms with van der Waals surface area (Å²) >= 11 is 2.06. The highest BCUT2D eigenvalue weighted by Gasteiger charge is 2.20. The van der Waals surface area contributed by atoms with Crippen molar-refractivity contribution in [1.82, 2.24) is 9.97 Å². The summed E-state index contributed by atoms with van der Waals surface area (Å²) in [6.45, 7) is 6.49. The molecule has 0 saturated carbocycles. The average Bonchev–Trinajstić information content (AvgIpc) is 2.47. The number of thioether (sulfide) groups is 1. The number of hydrogen-bond donors (Lipinski definition) is 2. The van der Waals surface area contributed by atoms with Gasteiger partial charge < -0.3 is 10.3 Å². The Kier molecular flexibility index (Phi) is 5.27. The second-order valence-corrected chi connectivity index (χ2v) is 6.18. The molecule has 6 heteroatoms. The minimum absolute atomic E-state index is 0.702. The molecule has 1 aromatic heterocycles. The lowest BCUT2D eigenvalue weighted by molar-refractivity contribution is 0.712. The average molecular weight is 281 g/mol. The van der Waals surface area contributed by atoms with Gasteiger partial charge in [0.15, 0.2) is 0 Å². The molecule has 1 aliphatic heterocycles. The highest BCUT2D eigenvalue weighted by molar-refractivity contribution is 8.00. The van der Waals surface area contributed by atoms with Crippen molar-refractivity contribution < 1.29 is 0 Å². The maximum Gasteiger partial charge on any atom is 0.145 e. The first-order chi connectivity index (χ1) is 9.26. The first-order valence-corrected chi connectivity index (χ1v) is 8.02. The summed E-state index contributed by atoms with van der Waals surface area (Å²) in [7, 11) is 0. The molecule has 1 atom stereocenters. The molecule has 0 radical (unpaired) electrons. The van der Waals surface area contributed by atoms with Crippen molar-refractivity contribution in [2.45, 2.75) is 38.4 Å². The van der Waals surface area contributed by atoms with Crippen molar-refractivity contribution in [3.8, 4) is 0 Å². The summed E-state index contributed by atoms with van der Waals surface area (Å²) in [6.07, 6.45) is 3.14. The Balaban J connectivity index is 2.19. The lowest BCUT2D eigenvalue weighted by atomic mass is 10.3. The van der Waals surface area contributed by atoms with E-state index in [1.165, 1.54) is 6.42 Å². The van der Waals surface area contributed by atoms with E-state index in [9.17, 15) is 0 Å². The predicted molar refractivity (Wildman–Crippen MR) is 82.6 cm³/mol. The molecule has 19 heavy (non-hydrogen) atoms. The van der Waals surface area contributed by atoms with Gasteiger partial charge in [-0.3, -0.25) is 0 Å². The van der Waals surface area contributed by atoms with Crippen LogP contribution in [0.2, 0.25) is 0 Å². The minimum Gasteiger partial charge on any atom is -0.355 e. The topological polar surface area (TPSA) is 67.1 Å². The standard InChI is InChI=1S/C13H23N5S/c1-3-5-11-15-12(17-14)8-13(16-11)18-6-7-19-10(4-2)9-18/h8,10H,3-7,9,14H2,1-2H3,(H,15,16,17). The summed E-state index contributed by atoms with van der Waals surface area (Å²) in [6, 6.07) is 1.95. The second kappa shape index (κ2) is 6.96. The molecule has 0 aromatic carbocycles. The van der Waals surface area contributed by atoms with Gasteiger partial charge in [0.05, 0.1) is 0 Å². The number of aryl methyl sites for hydroxylation is 1. The van der Waals surface area contributed by atoms with E-state index in [0.717, 1.165) is 43.3 Å². The minimum atomic E-state index is 0.702. The van der Waals surface area contributed by atoms with Crippen molar-refractivity contribution in [2.24, 2.45) is 5.84 Å². The Morgan fingerprint density at radius 2 is 2.32 bits per heavy atom. The molecule has 3 N–H and O–H groups in total. The first kappa shape index (κ1) is 14.4. The number of aromatic nitrogens is 2. The monoisotopic (exact) mass is 281 g/mol. The van der Waals surface area contributed by atoms with Gasteiger partial charge >= 0.3 is 0 Å². The summed E-state index contributed by atoms with van der Waals surface area (Å²) < 4.78 is 0. The van der Waals surface area contributed by atoms with Crippen LogP contribution in [0.15, 0.2) is 6.07 Å². The lowest BCUT2D eigenvalue weighted by Gasteiger charge is -2.33. The highest BCUT2D eigenvalue weighted by Crippen LogP contribution is 2.25. The molecule has 0 amide bonds. The fourth-order valence-corrected chi connectivity index (χ4v) is 3.41. The molecule has 1 unspecified atom stereocenters. The third kappa shape index (κ3) is 3.73. The van der Waals surface area contributed by atoms with Crippen molar-refractivity contribution in [1.29, 1.82) is 0 Å². The predicted octanol–water partition coefficient (Wildman–Crippen LogP) is 2.05. The molecule has 2 rings (SSSR count). The number of nitrogen functional groups attached to an aromatic ring is 1. The molecule has 5 nitrogen and oxygen atoms in total. The van der Waals surface area contributed by atoms with Gasteiger partial charge in [0, 0.05) is 36.6 Å². The van der Waals surface area contributed by atoms with E-state index in [4.69, 9.17) is 5.84 Å². The fourth-order valence-electron chi connectivity index (χ4n) is 2.23. The van der Waals surface area contributed by atoms with Crippen molar-refractivity contribution in [3.63, 3.8) is 0 Å². The van der Waals surface area contributed by atoms with Gasteiger partial charge in [0.1, 0.15) is 17.5 Å². The van der Waals surface area contributed by atoms with Gasteiger partial charge in [0.25, 0.3) is 0 Å². The van der Waals surface area contributed by atoms with Crippen molar-refractivity contribution in [2.75, 3.05) is 29.2 Å². The Hall–Kier alpha value is -1.01. The fraction of sp³-hybridized carbons (Fsp3) is 0.692. The van der Waals surface area contributed by atoms with Crippen LogP contribution in [0.1, 0.15) is 32.5 Å². The summed E-state index contributed by atoms with van der Waals surface area (Å²) in [5.74, 6) is 9.25. The molecule has 1 fully saturated rings. The third-order valence-electron chi connectivity index (χ3n) is 3.30. The Morgan fingerprint density at radius 1 is 1.47 bits per heavy atom. The first-order valence-electron chi connectivity index (χ1n) is 6.98. The van der Waals surface area contributed by atoms with Crippen LogP contribution in [0.3, 0.4) is 0 Å². The van der Waals surface area contributed by atoms with Crippen LogP contribution in [-0.2, 0) is 6.42 Å². The van der Waals surface area contributed by atoms with E-state index in [2.05, 4.69) is 45.9 Å². The molecule has 0 aliphatic carbocycles. The van der Waals surface area contributed by atoms with Crippen molar-refractivity contribution >= 4 is 23.4 Å². The summed E-state index contributed by atoms with van der Waals surface area (Å²) in [5.41, 5.74) is 2.65. The van der Waals surface area contributed by atoms with Gasteiger partial charge in [-0.25, -0.2) is 15.8 Å². The zero-order valence-electron chi connectivity index (χ0n) is 11.7.